The summed E-state index contributed by atoms with van der Waals surface area (Å²) in [7, 11) is -1.14. The van der Waals surface area contributed by atoms with E-state index in [9.17, 15) is 5.11 Å². The monoisotopic (exact) mass is 332 g/mol. The van der Waals surface area contributed by atoms with Gasteiger partial charge in [-0.25, -0.2) is 0 Å². The summed E-state index contributed by atoms with van der Waals surface area (Å²) in [5.41, 5.74) is 3.76. The van der Waals surface area contributed by atoms with E-state index in [2.05, 4.69) is 50.8 Å². The van der Waals surface area contributed by atoms with Crippen LogP contribution in [0.2, 0.25) is 25.7 Å². The summed E-state index contributed by atoms with van der Waals surface area (Å²) in [5, 5.41) is 9.46. The molecule has 1 aromatic rings. The number of rotatable bonds is 10. The van der Waals surface area contributed by atoms with E-state index < -0.39 is 8.07 Å². The minimum atomic E-state index is -1.14. The lowest BCUT2D eigenvalue weighted by Crippen LogP contribution is -2.20. The average Bonchev–Trinajstić information content (AvgIpc) is 2.50. The van der Waals surface area contributed by atoms with E-state index in [-0.39, 0.29) is 6.61 Å². The molecule has 0 radical (unpaired) electrons. The Morgan fingerprint density at radius 2 is 1.83 bits per heavy atom. The number of benzene rings is 1. The quantitative estimate of drug-likeness (QED) is 0.363. The van der Waals surface area contributed by atoms with Crippen LogP contribution < -0.4 is 0 Å². The molecule has 1 aromatic carbocycles. The topological polar surface area (TPSA) is 29.5 Å². The molecule has 0 atom stereocenters. The van der Waals surface area contributed by atoms with Gasteiger partial charge in [0.2, 0.25) is 0 Å². The van der Waals surface area contributed by atoms with Crippen molar-refractivity contribution in [3.63, 3.8) is 0 Å². The Balaban J connectivity index is 2.28. The predicted octanol–water partition coefficient (Wildman–Crippen LogP) is 5.19. The minimum absolute atomic E-state index is 0.202. The van der Waals surface area contributed by atoms with Crippen LogP contribution >= 0.6 is 0 Å². The predicted molar refractivity (Wildman–Crippen MR) is 102 cm³/mol. The standard InChI is InChI=1S/C20H32O2Si/c1-18(9-8-12-20(15-21)17-23(2,3)4)13-14-22-16-19-10-6-5-7-11-19/h5-7,10-13,21H,8-9,14-17H2,1-4H3/b18-13+,20-12+. The molecule has 0 bridgehead atoms. The van der Waals surface area contributed by atoms with Gasteiger partial charge < -0.3 is 9.84 Å². The van der Waals surface area contributed by atoms with Gasteiger partial charge in [0.25, 0.3) is 0 Å². The van der Waals surface area contributed by atoms with Gasteiger partial charge in [-0.05, 0) is 31.4 Å². The molecule has 128 valence electrons. The summed E-state index contributed by atoms with van der Waals surface area (Å²) in [6.07, 6.45) is 6.42. The molecule has 0 aliphatic rings. The number of aliphatic hydroxyl groups excluding tert-OH is 1. The number of hydrogen-bond donors (Lipinski definition) is 1. The van der Waals surface area contributed by atoms with E-state index >= 15 is 0 Å². The van der Waals surface area contributed by atoms with Crippen LogP contribution in [-0.2, 0) is 11.3 Å². The fraction of sp³-hybridized carbons (Fsp3) is 0.500. The van der Waals surface area contributed by atoms with Gasteiger partial charge in [0.15, 0.2) is 0 Å². The van der Waals surface area contributed by atoms with Gasteiger partial charge in [0.05, 0.1) is 19.8 Å². The van der Waals surface area contributed by atoms with Crippen molar-refractivity contribution in [3.8, 4) is 0 Å². The van der Waals surface area contributed by atoms with Gasteiger partial charge in [0.1, 0.15) is 0 Å². The van der Waals surface area contributed by atoms with Crippen LogP contribution in [0.3, 0.4) is 0 Å². The molecule has 0 unspecified atom stereocenters. The zero-order chi connectivity index (χ0) is 17.1. The molecule has 0 spiro atoms. The lowest BCUT2D eigenvalue weighted by atomic mass is 10.1. The van der Waals surface area contributed by atoms with Gasteiger partial charge in [-0.15, -0.1) is 0 Å². The molecular formula is C20H32O2Si. The first-order valence-corrected chi connectivity index (χ1v) is 12.2. The van der Waals surface area contributed by atoms with E-state index in [0.29, 0.717) is 13.2 Å². The normalized spacial score (nSPS) is 13.4. The Labute approximate surface area is 142 Å². The lowest BCUT2D eigenvalue weighted by molar-refractivity contribution is 0.148. The third kappa shape index (κ3) is 10.3. The summed E-state index contributed by atoms with van der Waals surface area (Å²) in [5.74, 6) is 0. The molecular weight excluding hydrogens is 300 g/mol. The molecule has 0 aliphatic carbocycles. The van der Waals surface area contributed by atoms with Crippen molar-refractivity contribution in [1.29, 1.82) is 0 Å². The second-order valence-corrected chi connectivity index (χ2v) is 12.8. The van der Waals surface area contributed by atoms with Crippen LogP contribution in [0, 0.1) is 0 Å². The van der Waals surface area contributed by atoms with Crippen molar-refractivity contribution >= 4 is 8.07 Å². The molecule has 3 heteroatoms. The second kappa shape index (κ2) is 10.6. The van der Waals surface area contributed by atoms with Crippen LogP contribution in [-0.4, -0.2) is 26.4 Å². The maximum atomic E-state index is 9.46. The molecule has 0 fully saturated rings. The van der Waals surface area contributed by atoms with Crippen LogP contribution in [0.4, 0.5) is 0 Å². The SMILES string of the molecule is C/C(=C\COCc1ccccc1)CC/C=C(\CO)C[Si](C)(C)C. The summed E-state index contributed by atoms with van der Waals surface area (Å²) >= 11 is 0. The molecule has 23 heavy (non-hydrogen) atoms. The van der Waals surface area contributed by atoms with Crippen LogP contribution in [0.25, 0.3) is 0 Å². The van der Waals surface area contributed by atoms with Crippen molar-refractivity contribution < 1.29 is 9.84 Å². The molecule has 0 saturated carbocycles. The molecule has 1 N–H and O–H groups in total. The average molecular weight is 333 g/mol. The molecule has 2 nitrogen and oxygen atoms in total. The molecule has 0 heterocycles. The first-order chi connectivity index (χ1) is 10.9. The first kappa shape index (κ1) is 19.9. The van der Waals surface area contributed by atoms with Gasteiger partial charge in [-0.2, -0.15) is 0 Å². The highest BCUT2D eigenvalue weighted by atomic mass is 28.3. The van der Waals surface area contributed by atoms with Crippen molar-refractivity contribution in [3.05, 3.63) is 59.2 Å². The number of hydrogen-bond acceptors (Lipinski definition) is 2. The van der Waals surface area contributed by atoms with Crippen LogP contribution in [0.15, 0.2) is 53.6 Å². The van der Waals surface area contributed by atoms with Crippen LogP contribution in [0.5, 0.6) is 0 Å². The van der Waals surface area contributed by atoms with Crippen LogP contribution in [0.1, 0.15) is 25.3 Å². The second-order valence-electron chi connectivity index (χ2n) is 7.35. The van der Waals surface area contributed by atoms with E-state index in [0.717, 1.165) is 18.9 Å². The third-order valence-corrected chi connectivity index (χ3v) is 5.11. The highest BCUT2D eigenvalue weighted by molar-refractivity contribution is 6.76. The molecule has 1 rings (SSSR count). The van der Waals surface area contributed by atoms with E-state index in [4.69, 9.17) is 4.74 Å². The van der Waals surface area contributed by atoms with Crippen molar-refractivity contribution in [2.24, 2.45) is 0 Å². The third-order valence-electron chi connectivity index (χ3n) is 3.59. The number of allylic oxidation sites excluding steroid dienone is 2. The Kier molecular flexibility index (Phi) is 9.15. The Morgan fingerprint density at radius 3 is 2.43 bits per heavy atom. The largest absolute Gasteiger partial charge is 0.392 e. The fourth-order valence-electron chi connectivity index (χ4n) is 2.43. The maximum absolute atomic E-state index is 9.46. The highest BCUT2D eigenvalue weighted by Crippen LogP contribution is 2.17. The summed E-state index contributed by atoms with van der Waals surface area (Å²) in [6, 6.07) is 11.3. The van der Waals surface area contributed by atoms with Gasteiger partial charge >= 0.3 is 0 Å². The molecule has 0 amide bonds. The molecule has 0 saturated heterocycles. The number of aliphatic hydroxyl groups is 1. The van der Waals surface area contributed by atoms with E-state index in [1.54, 1.807) is 0 Å². The zero-order valence-corrected chi connectivity index (χ0v) is 16.1. The molecule has 0 aromatic heterocycles. The maximum Gasteiger partial charge on any atom is 0.0721 e. The highest BCUT2D eigenvalue weighted by Gasteiger charge is 2.14. The number of ether oxygens (including phenoxy) is 1. The zero-order valence-electron chi connectivity index (χ0n) is 15.1. The van der Waals surface area contributed by atoms with Gasteiger partial charge in [-0.1, -0.05) is 73.3 Å². The van der Waals surface area contributed by atoms with Crippen molar-refractivity contribution in [1.82, 2.24) is 0 Å². The Bertz CT molecular complexity index is 498. The van der Waals surface area contributed by atoms with Gasteiger partial charge in [-0.3, -0.25) is 0 Å². The van der Waals surface area contributed by atoms with E-state index in [1.807, 2.05) is 18.2 Å². The molecule has 0 aliphatic heterocycles. The summed E-state index contributed by atoms with van der Waals surface area (Å²) < 4.78 is 5.68. The fourth-order valence-corrected chi connectivity index (χ4v) is 4.05. The van der Waals surface area contributed by atoms with E-state index in [1.165, 1.54) is 16.7 Å². The Hall–Kier alpha value is -1.16. The lowest BCUT2D eigenvalue weighted by Gasteiger charge is -2.17. The van der Waals surface area contributed by atoms with Crippen molar-refractivity contribution in [2.45, 2.75) is 52.1 Å². The Morgan fingerprint density at radius 1 is 1.13 bits per heavy atom. The summed E-state index contributed by atoms with van der Waals surface area (Å²) in [4.78, 5) is 0. The first-order valence-electron chi connectivity index (χ1n) is 8.47. The van der Waals surface area contributed by atoms with Gasteiger partial charge in [0, 0.05) is 8.07 Å². The smallest absolute Gasteiger partial charge is 0.0721 e. The summed E-state index contributed by atoms with van der Waals surface area (Å²) in [6.45, 7) is 10.7. The van der Waals surface area contributed by atoms with Crippen molar-refractivity contribution in [2.75, 3.05) is 13.2 Å². The minimum Gasteiger partial charge on any atom is -0.392 e.